The highest BCUT2D eigenvalue weighted by Gasteiger charge is 2.07. The molecule has 0 aliphatic rings. The van der Waals surface area contributed by atoms with Crippen molar-refractivity contribution in [3.05, 3.63) is 59.7 Å². The van der Waals surface area contributed by atoms with Gasteiger partial charge in [0.2, 0.25) is 0 Å². The average Bonchev–Trinajstić information content (AvgIpc) is 2.55. The summed E-state index contributed by atoms with van der Waals surface area (Å²) < 4.78 is 5.04. The van der Waals surface area contributed by atoms with Crippen molar-refractivity contribution in [2.24, 2.45) is 0 Å². The lowest BCUT2D eigenvalue weighted by molar-refractivity contribution is 0.0962. The van der Waals surface area contributed by atoms with Crippen LogP contribution >= 0.6 is 0 Å². The molecule has 2 aromatic carbocycles. The standard InChI is InChI=1S/C16H16N2O3/c1-17-15(19)11-3-7-13(8-4-11)18-16(20)12-5-9-14(21-2)10-6-12/h3-10H,1-2H3,(H,17,19)(H,18,20). The molecule has 5 heteroatoms. The fourth-order valence-electron chi connectivity index (χ4n) is 1.79. The molecule has 2 N–H and O–H groups in total. The van der Waals surface area contributed by atoms with Crippen molar-refractivity contribution in [2.75, 3.05) is 19.5 Å². The number of methoxy groups -OCH3 is 1. The number of hydrogen-bond donors (Lipinski definition) is 2. The van der Waals surface area contributed by atoms with E-state index in [9.17, 15) is 9.59 Å². The number of hydrogen-bond acceptors (Lipinski definition) is 3. The molecule has 0 spiro atoms. The Kier molecular flexibility index (Phi) is 4.56. The van der Waals surface area contributed by atoms with Gasteiger partial charge in [0, 0.05) is 23.9 Å². The van der Waals surface area contributed by atoms with Crippen LogP contribution in [0.4, 0.5) is 5.69 Å². The first-order valence-electron chi connectivity index (χ1n) is 6.41. The lowest BCUT2D eigenvalue weighted by Crippen LogP contribution is -2.17. The molecule has 0 aromatic heterocycles. The van der Waals surface area contributed by atoms with Gasteiger partial charge in [-0.1, -0.05) is 0 Å². The normalized spacial score (nSPS) is 9.81. The van der Waals surface area contributed by atoms with E-state index >= 15 is 0 Å². The number of rotatable bonds is 4. The van der Waals surface area contributed by atoms with Crippen molar-refractivity contribution >= 4 is 17.5 Å². The zero-order chi connectivity index (χ0) is 15.2. The first-order chi connectivity index (χ1) is 10.1. The van der Waals surface area contributed by atoms with Crippen LogP contribution in [0.3, 0.4) is 0 Å². The molecule has 0 saturated carbocycles. The largest absolute Gasteiger partial charge is 0.497 e. The van der Waals surface area contributed by atoms with Gasteiger partial charge in [-0.05, 0) is 48.5 Å². The molecule has 5 nitrogen and oxygen atoms in total. The van der Waals surface area contributed by atoms with Gasteiger partial charge < -0.3 is 15.4 Å². The Morgan fingerprint density at radius 1 is 0.857 bits per heavy atom. The van der Waals surface area contributed by atoms with Crippen LogP contribution < -0.4 is 15.4 Å². The topological polar surface area (TPSA) is 67.4 Å². The average molecular weight is 284 g/mol. The maximum absolute atomic E-state index is 12.1. The lowest BCUT2D eigenvalue weighted by atomic mass is 10.1. The van der Waals surface area contributed by atoms with Gasteiger partial charge in [0.05, 0.1) is 7.11 Å². The second kappa shape index (κ2) is 6.56. The van der Waals surface area contributed by atoms with Crippen molar-refractivity contribution in [3.63, 3.8) is 0 Å². The maximum atomic E-state index is 12.1. The van der Waals surface area contributed by atoms with Crippen LogP contribution in [0.2, 0.25) is 0 Å². The monoisotopic (exact) mass is 284 g/mol. The molecule has 0 aliphatic heterocycles. The van der Waals surface area contributed by atoms with Gasteiger partial charge in [-0.15, -0.1) is 0 Å². The smallest absolute Gasteiger partial charge is 0.255 e. The van der Waals surface area contributed by atoms with Crippen molar-refractivity contribution < 1.29 is 14.3 Å². The predicted octanol–water partition coefficient (Wildman–Crippen LogP) is 2.31. The van der Waals surface area contributed by atoms with E-state index in [1.165, 1.54) is 0 Å². The fraction of sp³-hybridized carbons (Fsp3) is 0.125. The third-order valence-electron chi connectivity index (χ3n) is 2.98. The molecule has 0 heterocycles. The zero-order valence-electron chi connectivity index (χ0n) is 11.8. The summed E-state index contributed by atoms with van der Waals surface area (Å²) in [6.45, 7) is 0. The Bertz CT molecular complexity index is 634. The minimum Gasteiger partial charge on any atom is -0.497 e. The van der Waals surface area contributed by atoms with E-state index < -0.39 is 0 Å². The highest BCUT2D eigenvalue weighted by molar-refractivity contribution is 6.04. The molecule has 0 bridgehead atoms. The third kappa shape index (κ3) is 3.60. The molecule has 0 radical (unpaired) electrons. The second-order valence-electron chi connectivity index (χ2n) is 4.34. The SMILES string of the molecule is CNC(=O)c1ccc(NC(=O)c2ccc(OC)cc2)cc1. The third-order valence-corrected chi connectivity index (χ3v) is 2.98. The van der Waals surface area contributed by atoms with E-state index in [2.05, 4.69) is 10.6 Å². The number of nitrogens with one attached hydrogen (secondary N) is 2. The van der Waals surface area contributed by atoms with Gasteiger partial charge in [-0.25, -0.2) is 0 Å². The molecule has 108 valence electrons. The fourth-order valence-corrected chi connectivity index (χ4v) is 1.79. The molecular formula is C16H16N2O3. The molecule has 0 saturated heterocycles. The Morgan fingerprint density at radius 3 is 1.90 bits per heavy atom. The molecule has 0 aliphatic carbocycles. The minimum absolute atomic E-state index is 0.164. The van der Waals surface area contributed by atoms with Crippen LogP contribution in [0.25, 0.3) is 0 Å². The predicted molar refractivity (Wildman–Crippen MR) is 80.8 cm³/mol. The number of amides is 2. The molecule has 0 fully saturated rings. The van der Waals surface area contributed by atoms with Gasteiger partial charge in [0.1, 0.15) is 5.75 Å². The first kappa shape index (κ1) is 14.6. The van der Waals surface area contributed by atoms with E-state index in [1.54, 1.807) is 62.7 Å². The van der Waals surface area contributed by atoms with E-state index in [0.717, 1.165) is 0 Å². The van der Waals surface area contributed by atoms with Gasteiger partial charge >= 0.3 is 0 Å². The van der Waals surface area contributed by atoms with Gasteiger partial charge in [0.15, 0.2) is 0 Å². The van der Waals surface area contributed by atoms with Crippen molar-refractivity contribution in [1.82, 2.24) is 5.32 Å². The zero-order valence-corrected chi connectivity index (χ0v) is 11.8. The molecule has 2 rings (SSSR count). The number of carbonyl (C=O) groups is 2. The van der Waals surface area contributed by atoms with Crippen LogP contribution in [0.1, 0.15) is 20.7 Å². The van der Waals surface area contributed by atoms with Crippen molar-refractivity contribution in [1.29, 1.82) is 0 Å². The molecule has 0 unspecified atom stereocenters. The van der Waals surface area contributed by atoms with Gasteiger partial charge in [-0.2, -0.15) is 0 Å². The van der Waals surface area contributed by atoms with Crippen molar-refractivity contribution in [3.8, 4) is 5.75 Å². The minimum atomic E-state index is -0.217. The van der Waals surface area contributed by atoms with E-state index in [-0.39, 0.29) is 11.8 Å². The first-order valence-corrected chi connectivity index (χ1v) is 6.41. The Hall–Kier alpha value is -2.82. The second-order valence-corrected chi connectivity index (χ2v) is 4.34. The summed E-state index contributed by atoms with van der Waals surface area (Å²) in [5, 5.41) is 5.31. The highest BCUT2D eigenvalue weighted by atomic mass is 16.5. The molecule has 2 amide bonds. The quantitative estimate of drug-likeness (QED) is 0.905. The van der Waals surface area contributed by atoms with Crippen LogP contribution in [0.5, 0.6) is 5.75 Å². The van der Waals surface area contributed by atoms with E-state index in [4.69, 9.17) is 4.74 Å². The maximum Gasteiger partial charge on any atom is 0.255 e. The van der Waals surface area contributed by atoms with Crippen LogP contribution in [-0.4, -0.2) is 26.0 Å². The van der Waals surface area contributed by atoms with Crippen LogP contribution in [0.15, 0.2) is 48.5 Å². The summed E-state index contributed by atoms with van der Waals surface area (Å²) in [5.41, 5.74) is 1.70. The van der Waals surface area contributed by atoms with Crippen molar-refractivity contribution in [2.45, 2.75) is 0 Å². The molecular weight excluding hydrogens is 268 g/mol. The Balaban J connectivity index is 2.06. The summed E-state index contributed by atoms with van der Waals surface area (Å²) >= 11 is 0. The Labute approximate surface area is 122 Å². The molecule has 21 heavy (non-hydrogen) atoms. The highest BCUT2D eigenvalue weighted by Crippen LogP contribution is 2.14. The van der Waals surface area contributed by atoms with Gasteiger partial charge in [0.25, 0.3) is 11.8 Å². The number of anilines is 1. The van der Waals surface area contributed by atoms with Crippen LogP contribution in [-0.2, 0) is 0 Å². The summed E-state index contributed by atoms with van der Waals surface area (Å²) in [7, 11) is 3.14. The number of benzene rings is 2. The van der Waals surface area contributed by atoms with E-state index in [1.807, 2.05) is 0 Å². The summed E-state index contributed by atoms with van der Waals surface area (Å²) in [6, 6.07) is 13.5. The Morgan fingerprint density at radius 2 is 1.38 bits per heavy atom. The summed E-state index contributed by atoms with van der Waals surface area (Å²) in [4.78, 5) is 23.5. The van der Waals surface area contributed by atoms with Gasteiger partial charge in [-0.3, -0.25) is 9.59 Å². The summed E-state index contributed by atoms with van der Waals surface area (Å²) in [5.74, 6) is 0.315. The lowest BCUT2D eigenvalue weighted by Gasteiger charge is -2.07. The number of carbonyl (C=O) groups excluding carboxylic acids is 2. The van der Waals surface area contributed by atoms with E-state index in [0.29, 0.717) is 22.6 Å². The molecule has 2 aromatic rings. The molecule has 0 atom stereocenters. The number of ether oxygens (including phenoxy) is 1. The van der Waals surface area contributed by atoms with Crippen LogP contribution in [0, 0.1) is 0 Å². The summed E-state index contributed by atoms with van der Waals surface area (Å²) in [6.07, 6.45) is 0.